The van der Waals surface area contributed by atoms with Gasteiger partial charge in [-0.3, -0.25) is 9.59 Å². The molecule has 6 heteroatoms. The third kappa shape index (κ3) is 3.59. The van der Waals surface area contributed by atoms with E-state index in [-0.39, 0.29) is 11.9 Å². The van der Waals surface area contributed by atoms with Crippen LogP contribution in [0.4, 0.5) is 10.1 Å². The summed E-state index contributed by atoms with van der Waals surface area (Å²) < 4.78 is 13.4. The molecule has 1 aliphatic rings. The summed E-state index contributed by atoms with van der Waals surface area (Å²) in [7, 11) is 0. The lowest BCUT2D eigenvalue weighted by Crippen LogP contribution is -2.37. The highest BCUT2D eigenvalue weighted by Gasteiger charge is 2.26. The van der Waals surface area contributed by atoms with Crippen LogP contribution in [0.5, 0.6) is 0 Å². The first-order valence-corrected chi connectivity index (χ1v) is 8.83. The molecular weight excluding hydrogens is 327 g/mol. The van der Waals surface area contributed by atoms with Crippen LogP contribution in [0.15, 0.2) is 47.4 Å². The van der Waals surface area contributed by atoms with E-state index in [9.17, 15) is 14.0 Å². The summed E-state index contributed by atoms with van der Waals surface area (Å²) in [5.41, 5.74) is 2.32. The normalized spacial score (nSPS) is 15.7. The van der Waals surface area contributed by atoms with Crippen molar-refractivity contribution in [1.29, 1.82) is 0 Å². The third-order valence-corrected chi connectivity index (χ3v) is 4.79. The molecule has 0 aromatic heterocycles. The first-order chi connectivity index (χ1) is 11.6. The quantitative estimate of drug-likeness (QED) is 0.663. The molecule has 2 aromatic rings. The minimum atomic E-state index is -0.725. The van der Waals surface area contributed by atoms with Crippen LogP contribution < -0.4 is 10.6 Å². The molecule has 0 unspecified atom stereocenters. The number of halogens is 1. The highest BCUT2D eigenvalue weighted by Crippen LogP contribution is 2.31. The first-order valence-electron chi connectivity index (χ1n) is 7.61. The number of rotatable bonds is 3. The Morgan fingerprint density at radius 2 is 1.88 bits per heavy atom. The molecule has 2 amide bonds. The maximum Gasteiger partial charge on any atom is 0.313 e. The molecule has 1 atom stereocenters. The maximum atomic E-state index is 13.4. The van der Waals surface area contributed by atoms with Crippen LogP contribution in [0.1, 0.15) is 23.6 Å². The van der Waals surface area contributed by atoms with Gasteiger partial charge in [0.25, 0.3) is 0 Å². The SMILES string of the molecule is CSc1ccc(NC(=O)C(=O)N[C@@H]2CCc3ccc(F)cc32)cc1. The zero-order valence-corrected chi connectivity index (χ0v) is 14.0. The Bertz CT molecular complexity index is 777. The van der Waals surface area contributed by atoms with E-state index in [0.29, 0.717) is 12.1 Å². The molecule has 0 heterocycles. The Kier molecular flexibility index (Phi) is 4.85. The Labute approximate surface area is 143 Å². The second-order valence-electron chi connectivity index (χ2n) is 5.59. The molecule has 0 saturated carbocycles. The van der Waals surface area contributed by atoms with Gasteiger partial charge >= 0.3 is 11.8 Å². The monoisotopic (exact) mass is 344 g/mol. The predicted molar refractivity (Wildman–Crippen MR) is 92.5 cm³/mol. The van der Waals surface area contributed by atoms with Crippen LogP contribution in [-0.4, -0.2) is 18.1 Å². The minimum Gasteiger partial charge on any atom is -0.341 e. The lowest BCUT2D eigenvalue weighted by molar-refractivity contribution is -0.136. The molecule has 0 fully saturated rings. The number of thioether (sulfide) groups is 1. The van der Waals surface area contributed by atoms with Gasteiger partial charge in [0, 0.05) is 10.6 Å². The second-order valence-corrected chi connectivity index (χ2v) is 6.47. The fourth-order valence-corrected chi connectivity index (χ4v) is 3.22. The van der Waals surface area contributed by atoms with Gasteiger partial charge in [0.15, 0.2) is 0 Å². The zero-order valence-electron chi connectivity index (χ0n) is 13.1. The van der Waals surface area contributed by atoms with Crippen LogP contribution in [0, 0.1) is 5.82 Å². The van der Waals surface area contributed by atoms with E-state index in [1.807, 2.05) is 18.4 Å². The standard InChI is InChI=1S/C18H17FN2O2S/c1-24-14-7-5-13(6-8-14)20-17(22)18(23)21-16-9-3-11-2-4-12(19)10-15(11)16/h2,4-8,10,16H,3,9H2,1H3,(H,20,22)(H,21,23)/t16-/m1/s1. The van der Waals surface area contributed by atoms with Gasteiger partial charge in [-0.1, -0.05) is 6.07 Å². The predicted octanol–water partition coefficient (Wildman–Crippen LogP) is 3.29. The lowest BCUT2D eigenvalue weighted by Gasteiger charge is -2.14. The van der Waals surface area contributed by atoms with E-state index in [1.165, 1.54) is 12.1 Å². The molecular formula is C18H17FN2O2S. The van der Waals surface area contributed by atoms with E-state index in [1.54, 1.807) is 30.0 Å². The summed E-state index contributed by atoms with van der Waals surface area (Å²) in [5.74, 6) is -1.78. The third-order valence-electron chi connectivity index (χ3n) is 4.05. The molecule has 124 valence electrons. The van der Waals surface area contributed by atoms with Gasteiger partial charge in [-0.15, -0.1) is 11.8 Å². The minimum absolute atomic E-state index is 0.326. The average Bonchev–Trinajstić information content (AvgIpc) is 2.97. The number of carbonyl (C=O) groups is 2. The Morgan fingerprint density at radius 1 is 1.12 bits per heavy atom. The summed E-state index contributed by atoms with van der Waals surface area (Å²) in [6, 6.07) is 11.5. The molecule has 4 nitrogen and oxygen atoms in total. The Balaban J connectivity index is 1.63. The Morgan fingerprint density at radius 3 is 2.58 bits per heavy atom. The van der Waals surface area contributed by atoms with Crippen molar-refractivity contribution in [3.05, 3.63) is 59.4 Å². The number of hydrogen-bond acceptors (Lipinski definition) is 3. The van der Waals surface area contributed by atoms with Crippen LogP contribution >= 0.6 is 11.8 Å². The number of anilines is 1. The molecule has 0 spiro atoms. The highest BCUT2D eigenvalue weighted by atomic mass is 32.2. The molecule has 0 aliphatic heterocycles. The summed E-state index contributed by atoms with van der Waals surface area (Å²) in [5, 5.41) is 5.25. The topological polar surface area (TPSA) is 58.2 Å². The van der Waals surface area contributed by atoms with E-state index < -0.39 is 11.8 Å². The average molecular weight is 344 g/mol. The molecule has 0 radical (unpaired) electrons. The fourth-order valence-electron chi connectivity index (χ4n) is 2.81. The van der Waals surface area contributed by atoms with Gasteiger partial charge in [-0.05, 0) is 66.6 Å². The van der Waals surface area contributed by atoms with Crippen molar-refractivity contribution in [2.45, 2.75) is 23.8 Å². The van der Waals surface area contributed by atoms with Gasteiger partial charge in [0.05, 0.1) is 6.04 Å². The van der Waals surface area contributed by atoms with Crippen LogP contribution in [0.2, 0.25) is 0 Å². The van der Waals surface area contributed by atoms with E-state index in [0.717, 1.165) is 22.4 Å². The van der Waals surface area contributed by atoms with Crippen molar-refractivity contribution in [3.8, 4) is 0 Å². The number of benzene rings is 2. The van der Waals surface area contributed by atoms with Crippen molar-refractivity contribution < 1.29 is 14.0 Å². The summed E-state index contributed by atoms with van der Waals surface area (Å²) in [6.07, 6.45) is 3.39. The van der Waals surface area contributed by atoms with Crippen LogP contribution in [0.3, 0.4) is 0 Å². The van der Waals surface area contributed by atoms with Gasteiger partial charge in [-0.25, -0.2) is 4.39 Å². The van der Waals surface area contributed by atoms with Crippen molar-refractivity contribution in [2.24, 2.45) is 0 Å². The first kappa shape index (κ1) is 16.5. The maximum absolute atomic E-state index is 13.4. The molecule has 3 rings (SSSR count). The number of carbonyl (C=O) groups excluding carboxylic acids is 2. The number of nitrogens with one attached hydrogen (secondary N) is 2. The molecule has 24 heavy (non-hydrogen) atoms. The van der Waals surface area contributed by atoms with Gasteiger partial charge < -0.3 is 10.6 Å². The number of fused-ring (bicyclic) bond motifs is 1. The Hall–Kier alpha value is -2.34. The van der Waals surface area contributed by atoms with Crippen molar-refractivity contribution >= 4 is 29.3 Å². The largest absolute Gasteiger partial charge is 0.341 e. The van der Waals surface area contributed by atoms with Gasteiger partial charge in [-0.2, -0.15) is 0 Å². The van der Waals surface area contributed by atoms with E-state index >= 15 is 0 Å². The summed E-state index contributed by atoms with van der Waals surface area (Å²) in [6.45, 7) is 0. The van der Waals surface area contributed by atoms with E-state index in [2.05, 4.69) is 10.6 Å². The van der Waals surface area contributed by atoms with Crippen LogP contribution in [-0.2, 0) is 16.0 Å². The van der Waals surface area contributed by atoms with E-state index in [4.69, 9.17) is 0 Å². The van der Waals surface area contributed by atoms with Crippen molar-refractivity contribution in [3.63, 3.8) is 0 Å². The summed E-state index contributed by atoms with van der Waals surface area (Å²) in [4.78, 5) is 25.2. The summed E-state index contributed by atoms with van der Waals surface area (Å²) >= 11 is 1.60. The van der Waals surface area contributed by atoms with Crippen molar-refractivity contribution in [2.75, 3.05) is 11.6 Å². The lowest BCUT2D eigenvalue weighted by atomic mass is 10.1. The fraction of sp³-hybridized carbons (Fsp3) is 0.222. The molecule has 2 N–H and O–H groups in total. The van der Waals surface area contributed by atoms with Crippen molar-refractivity contribution in [1.82, 2.24) is 5.32 Å². The van der Waals surface area contributed by atoms with Gasteiger partial charge in [0.1, 0.15) is 5.82 Å². The number of aryl methyl sites for hydroxylation is 1. The number of amides is 2. The number of hydrogen-bond donors (Lipinski definition) is 2. The molecule has 1 aliphatic carbocycles. The molecule has 0 saturated heterocycles. The molecule has 0 bridgehead atoms. The zero-order chi connectivity index (χ0) is 17.1. The highest BCUT2D eigenvalue weighted by molar-refractivity contribution is 7.98. The van der Waals surface area contributed by atoms with Crippen LogP contribution in [0.25, 0.3) is 0 Å². The van der Waals surface area contributed by atoms with Gasteiger partial charge in [0.2, 0.25) is 0 Å². The molecule has 2 aromatic carbocycles. The smallest absolute Gasteiger partial charge is 0.313 e. The second kappa shape index (κ2) is 7.05.